The average molecular weight is 291 g/mol. The molecule has 3 heteroatoms. The Kier molecular flexibility index (Phi) is 6.37. The van der Waals surface area contributed by atoms with Crippen LogP contribution < -0.4 is 15.2 Å². The first kappa shape index (κ1) is 16.2. The van der Waals surface area contributed by atoms with Crippen LogP contribution in [0.2, 0.25) is 0 Å². The van der Waals surface area contributed by atoms with E-state index in [9.17, 15) is 0 Å². The lowest BCUT2D eigenvalue weighted by atomic mass is 9.76. The molecule has 3 nitrogen and oxygen atoms in total. The van der Waals surface area contributed by atoms with Crippen LogP contribution >= 0.6 is 0 Å². The Morgan fingerprint density at radius 3 is 2.48 bits per heavy atom. The van der Waals surface area contributed by atoms with E-state index in [1.807, 2.05) is 31.2 Å². The largest absolute Gasteiger partial charge is 0.490 e. The van der Waals surface area contributed by atoms with E-state index >= 15 is 0 Å². The van der Waals surface area contributed by atoms with Crippen molar-refractivity contribution in [1.29, 1.82) is 0 Å². The first-order valence-corrected chi connectivity index (χ1v) is 8.34. The molecule has 2 N–H and O–H groups in total. The Morgan fingerprint density at radius 1 is 1.10 bits per heavy atom. The molecule has 2 rings (SSSR count). The molecule has 3 atom stereocenters. The van der Waals surface area contributed by atoms with Crippen LogP contribution in [0.4, 0.5) is 0 Å². The highest BCUT2D eigenvalue weighted by atomic mass is 16.5. The van der Waals surface area contributed by atoms with Gasteiger partial charge in [-0.1, -0.05) is 25.5 Å². The van der Waals surface area contributed by atoms with Crippen LogP contribution in [0.1, 0.15) is 46.0 Å². The second-order valence-electron chi connectivity index (χ2n) is 6.03. The Hall–Kier alpha value is -1.22. The first-order valence-electron chi connectivity index (χ1n) is 8.34. The van der Waals surface area contributed by atoms with Gasteiger partial charge in [-0.25, -0.2) is 0 Å². The molecule has 0 spiro atoms. The first-order chi connectivity index (χ1) is 10.2. The van der Waals surface area contributed by atoms with Crippen molar-refractivity contribution in [3.8, 4) is 11.5 Å². The van der Waals surface area contributed by atoms with Crippen molar-refractivity contribution in [2.75, 3.05) is 13.2 Å². The number of hydrogen-bond acceptors (Lipinski definition) is 3. The van der Waals surface area contributed by atoms with Crippen LogP contribution in [0.5, 0.6) is 11.5 Å². The molecular formula is C18H29NO2. The lowest BCUT2D eigenvalue weighted by molar-refractivity contribution is 0.182. The Morgan fingerprint density at radius 2 is 1.81 bits per heavy atom. The highest BCUT2D eigenvalue weighted by Crippen LogP contribution is 2.33. The zero-order valence-electron chi connectivity index (χ0n) is 13.4. The van der Waals surface area contributed by atoms with E-state index in [-0.39, 0.29) is 0 Å². The van der Waals surface area contributed by atoms with E-state index in [0.29, 0.717) is 18.6 Å². The molecule has 118 valence electrons. The molecule has 1 aliphatic carbocycles. The number of benzene rings is 1. The molecule has 0 amide bonds. The summed E-state index contributed by atoms with van der Waals surface area (Å²) in [7, 11) is 0. The molecule has 1 fully saturated rings. The third-order valence-corrected chi connectivity index (χ3v) is 4.62. The fourth-order valence-electron chi connectivity index (χ4n) is 3.25. The Bertz CT molecular complexity index is 421. The van der Waals surface area contributed by atoms with Gasteiger partial charge >= 0.3 is 0 Å². The summed E-state index contributed by atoms with van der Waals surface area (Å²) in [6, 6.07) is 8.23. The van der Waals surface area contributed by atoms with Crippen molar-refractivity contribution in [3.63, 3.8) is 0 Å². The van der Waals surface area contributed by atoms with Gasteiger partial charge in [0.25, 0.3) is 0 Å². The van der Waals surface area contributed by atoms with Gasteiger partial charge in [0, 0.05) is 6.04 Å². The van der Waals surface area contributed by atoms with Gasteiger partial charge < -0.3 is 15.2 Å². The molecule has 0 aliphatic heterocycles. The van der Waals surface area contributed by atoms with Crippen LogP contribution in [-0.2, 0) is 0 Å². The zero-order valence-corrected chi connectivity index (χ0v) is 13.4. The maximum atomic E-state index is 6.27. The number of nitrogens with two attached hydrogens (primary N) is 1. The quantitative estimate of drug-likeness (QED) is 0.825. The van der Waals surface area contributed by atoms with Crippen LogP contribution in [0, 0.1) is 11.8 Å². The monoisotopic (exact) mass is 291 g/mol. The highest BCUT2D eigenvalue weighted by molar-refractivity contribution is 5.39. The summed E-state index contributed by atoms with van der Waals surface area (Å²) >= 11 is 0. The molecule has 3 unspecified atom stereocenters. The van der Waals surface area contributed by atoms with Crippen LogP contribution in [0.15, 0.2) is 24.3 Å². The molecule has 1 aromatic carbocycles. The Balaban J connectivity index is 1.83. The minimum Gasteiger partial charge on any atom is -0.490 e. The zero-order chi connectivity index (χ0) is 15.1. The molecule has 0 bridgehead atoms. The number of ether oxygens (including phenoxy) is 2. The molecule has 0 aromatic heterocycles. The standard InChI is InChI=1S/C18H29NO2/c1-3-14-9-10-16(19)15(13-14)11-12-21-18-8-6-5-7-17(18)20-4-2/h5-8,14-16H,3-4,9-13,19H2,1-2H3. The average Bonchev–Trinajstić information content (AvgIpc) is 2.51. The van der Waals surface area contributed by atoms with Gasteiger partial charge in [0.2, 0.25) is 0 Å². The molecule has 1 aliphatic rings. The van der Waals surface area contributed by atoms with Crippen molar-refractivity contribution in [3.05, 3.63) is 24.3 Å². The molecule has 1 aromatic rings. The summed E-state index contributed by atoms with van der Waals surface area (Å²) in [4.78, 5) is 0. The fraction of sp³-hybridized carbons (Fsp3) is 0.667. The van der Waals surface area contributed by atoms with Crippen LogP contribution in [-0.4, -0.2) is 19.3 Å². The lowest BCUT2D eigenvalue weighted by Gasteiger charge is -2.33. The molecular weight excluding hydrogens is 262 g/mol. The van der Waals surface area contributed by atoms with E-state index in [0.717, 1.165) is 30.4 Å². The van der Waals surface area contributed by atoms with Crippen LogP contribution in [0.3, 0.4) is 0 Å². The third kappa shape index (κ3) is 4.63. The van der Waals surface area contributed by atoms with Gasteiger partial charge in [0.15, 0.2) is 11.5 Å². The summed E-state index contributed by atoms with van der Waals surface area (Å²) in [5, 5.41) is 0. The molecule has 1 saturated carbocycles. The second kappa shape index (κ2) is 8.28. The van der Waals surface area contributed by atoms with Gasteiger partial charge in [0.1, 0.15) is 0 Å². The maximum Gasteiger partial charge on any atom is 0.161 e. The van der Waals surface area contributed by atoms with Crippen molar-refractivity contribution in [2.45, 2.75) is 52.0 Å². The predicted molar refractivity (Wildman–Crippen MR) is 86.8 cm³/mol. The van der Waals surface area contributed by atoms with Crippen molar-refractivity contribution < 1.29 is 9.47 Å². The summed E-state index contributed by atoms with van der Waals surface area (Å²) in [6.07, 6.45) is 6.03. The normalized spacial score (nSPS) is 25.6. The number of para-hydroxylation sites is 2. The van der Waals surface area contributed by atoms with E-state index in [4.69, 9.17) is 15.2 Å². The van der Waals surface area contributed by atoms with Crippen molar-refractivity contribution in [2.24, 2.45) is 17.6 Å². The third-order valence-electron chi connectivity index (χ3n) is 4.62. The smallest absolute Gasteiger partial charge is 0.161 e. The van der Waals surface area contributed by atoms with Gasteiger partial charge in [-0.2, -0.15) is 0 Å². The summed E-state index contributed by atoms with van der Waals surface area (Å²) in [5.41, 5.74) is 6.27. The molecule has 0 heterocycles. The molecule has 0 radical (unpaired) electrons. The van der Waals surface area contributed by atoms with Gasteiger partial charge in [-0.05, 0) is 56.6 Å². The fourth-order valence-corrected chi connectivity index (χ4v) is 3.25. The minimum absolute atomic E-state index is 0.346. The van der Waals surface area contributed by atoms with E-state index in [1.165, 1.54) is 25.7 Å². The van der Waals surface area contributed by atoms with Gasteiger partial charge in [-0.3, -0.25) is 0 Å². The molecule has 0 saturated heterocycles. The van der Waals surface area contributed by atoms with Gasteiger partial charge in [0.05, 0.1) is 13.2 Å². The summed E-state index contributed by atoms with van der Waals surface area (Å²) in [5.74, 6) is 3.13. The van der Waals surface area contributed by atoms with Gasteiger partial charge in [-0.15, -0.1) is 0 Å². The predicted octanol–water partition coefficient (Wildman–Crippen LogP) is 4.01. The number of rotatable bonds is 7. The second-order valence-corrected chi connectivity index (χ2v) is 6.03. The highest BCUT2D eigenvalue weighted by Gasteiger charge is 2.27. The summed E-state index contributed by atoms with van der Waals surface area (Å²) < 4.78 is 11.5. The molecule has 21 heavy (non-hydrogen) atoms. The summed E-state index contributed by atoms with van der Waals surface area (Å²) in [6.45, 7) is 5.65. The van der Waals surface area contributed by atoms with Crippen molar-refractivity contribution in [1.82, 2.24) is 0 Å². The Labute approximate surface area is 128 Å². The van der Waals surface area contributed by atoms with E-state index in [2.05, 4.69) is 6.92 Å². The maximum absolute atomic E-state index is 6.27. The lowest BCUT2D eigenvalue weighted by Crippen LogP contribution is -2.36. The van der Waals surface area contributed by atoms with Crippen LogP contribution in [0.25, 0.3) is 0 Å². The number of hydrogen-bond donors (Lipinski definition) is 1. The van der Waals surface area contributed by atoms with Crippen molar-refractivity contribution >= 4 is 0 Å². The van der Waals surface area contributed by atoms with E-state index in [1.54, 1.807) is 0 Å². The van der Waals surface area contributed by atoms with E-state index < -0.39 is 0 Å². The SMILES string of the molecule is CCOc1ccccc1OCCC1CC(CC)CCC1N. The minimum atomic E-state index is 0.346. The topological polar surface area (TPSA) is 44.5 Å².